The van der Waals surface area contributed by atoms with Gasteiger partial charge in [-0.1, -0.05) is 38.1 Å². The lowest BCUT2D eigenvalue weighted by Crippen LogP contribution is -2.42. The van der Waals surface area contributed by atoms with Crippen LogP contribution in [-0.2, 0) is 24.2 Å². The first-order valence-electron chi connectivity index (χ1n) is 13.5. The van der Waals surface area contributed by atoms with E-state index in [0.29, 0.717) is 31.0 Å². The average Bonchev–Trinajstić information content (AvgIpc) is 3.45. The molecular weight excluding hydrogens is 509 g/mol. The number of hydrogen-bond acceptors (Lipinski definition) is 5. The number of amides is 2. The lowest BCUT2D eigenvalue weighted by molar-refractivity contribution is -0.136. The molecule has 1 aliphatic heterocycles. The monoisotopic (exact) mass is 541 g/mol. The molecule has 0 spiro atoms. The lowest BCUT2D eigenvalue weighted by atomic mass is 9.87. The standard InChI is InChI=1S/C32H32FN3O4/c1-21(2)32(38)36-18-15-22-8-11-26(19-28(22)30(36)23-6-9-24(33)10-7-23)39-20-27-12-13-29(40-27)31(37)35-17-14-25-5-3-4-16-34-25/h3-13,16,19,21,30H,14-15,17-18,20H2,1-2H3,(H,35,37)/t30-/m1/s1. The molecule has 2 aromatic carbocycles. The van der Waals surface area contributed by atoms with Crippen molar-refractivity contribution in [2.24, 2.45) is 5.92 Å². The van der Waals surface area contributed by atoms with Crippen LogP contribution >= 0.6 is 0 Å². The summed E-state index contributed by atoms with van der Waals surface area (Å²) in [6, 6.07) is 20.8. The number of nitrogens with one attached hydrogen (secondary N) is 1. The van der Waals surface area contributed by atoms with Gasteiger partial charge in [0.2, 0.25) is 5.91 Å². The number of furan rings is 1. The molecule has 1 N–H and O–H groups in total. The van der Waals surface area contributed by atoms with Crippen LogP contribution in [0.5, 0.6) is 5.75 Å². The number of fused-ring (bicyclic) bond motifs is 1. The molecule has 1 atom stereocenters. The Hall–Kier alpha value is -4.46. The van der Waals surface area contributed by atoms with Gasteiger partial charge in [0, 0.05) is 37.3 Å². The predicted molar refractivity (Wildman–Crippen MR) is 148 cm³/mol. The minimum atomic E-state index is -0.340. The van der Waals surface area contributed by atoms with Gasteiger partial charge in [-0.25, -0.2) is 4.39 Å². The molecule has 0 radical (unpaired) electrons. The van der Waals surface area contributed by atoms with Crippen molar-refractivity contribution in [3.63, 3.8) is 0 Å². The summed E-state index contributed by atoms with van der Waals surface area (Å²) < 4.78 is 25.5. The molecule has 0 saturated heterocycles. The van der Waals surface area contributed by atoms with Crippen molar-refractivity contribution >= 4 is 11.8 Å². The number of benzene rings is 2. The largest absolute Gasteiger partial charge is 0.486 e. The van der Waals surface area contributed by atoms with E-state index in [1.165, 1.54) is 12.1 Å². The van der Waals surface area contributed by atoms with Gasteiger partial charge >= 0.3 is 0 Å². The minimum absolute atomic E-state index is 0.0488. The van der Waals surface area contributed by atoms with Gasteiger partial charge in [0.25, 0.3) is 5.91 Å². The molecule has 40 heavy (non-hydrogen) atoms. The number of hydrogen-bond donors (Lipinski definition) is 1. The van der Waals surface area contributed by atoms with Gasteiger partial charge in [-0.15, -0.1) is 0 Å². The Morgan fingerprint density at radius 2 is 1.93 bits per heavy atom. The number of nitrogens with zero attached hydrogens (tertiary/aromatic N) is 2. The molecule has 0 bridgehead atoms. The smallest absolute Gasteiger partial charge is 0.287 e. The topological polar surface area (TPSA) is 84.7 Å². The molecule has 5 rings (SSSR count). The van der Waals surface area contributed by atoms with Crippen LogP contribution in [0.3, 0.4) is 0 Å². The molecule has 0 saturated carbocycles. The maximum Gasteiger partial charge on any atom is 0.287 e. The molecule has 0 fully saturated rings. The van der Waals surface area contributed by atoms with Crippen LogP contribution in [0.25, 0.3) is 0 Å². The lowest BCUT2D eigenvalue weighted by Gasteiger charge is -2.39. The number of carbonyl (C=O) groups excluding carboxylic acids is 2. The molecule has 0 aliphatic carbocycles. The van der Waals surface area contributed by atoms with E-state index in [2.05, 4.69) is 10.3 Å². The van der Waals surface area contributed by atoms with Crippen LogP contribution in [0.2, 0.25) is 0 Å². The van der Waals surface area contributed by atoms with Crippen LogP contribution in [0.4, 0.5) is 4.39 Å². The zero-order valence-corrected chi connectivity index (χ0v) is 22.6. The second-order valence-electron chi connectivity index (χ2n) is 10.1. The number of halogens is 1. The summed E-state index contributed by atoms with van der Waals surface area (Å²) in [6.07, 6.45) is 3.08. The number of ether oxygens (including phenoxy) is 1. The summed E-state index contributed by atoms with van der Waals surface area (Å²) in [5.74, 6) is 0.606. The Balaban J connectivity index is 1.27. The van der Waals surface area contributed by atoms with E-state index in [1.54, 1.807) is 30.5 Å². The Labute approximate surface area is 233 Å². The molecular formula is C32H32FN3O4. The Morgan fingerprint density at radius 1 is 1.10 bits per heavy atom. The fourth-order valence-electron chi connectivity index (χ4n) is 4.93. The predicted octanol–water partition coefficient (Wildman–Crippen LogP) is 5.50. The van der Waals surface area contributed by atoms with Crippen LogP contribution in [0.1, 0.15) is 58.6 Å². The van der Waals surface area contributed by atoms with E-state index in [-0.39, 0.29) is 42.0 Å². The zero-order valence-electron chi connectivity index (χ0n) is 22.6. The van der Waals surface area contributed by atoms with Crippen molar-refractivity contribution in [1.82, 2.24) is 15.2 Å². The maximum absolute atomic E-state index is 13.7. The molecule has 4 aromatic rings. The first-order chi connectivity index (χ1) is 19.4. The highest BCUT2D eigenvalue weighted by molar-refractivity contribution is 5.91. The summed E-state index contributed by atoms with van der Waals surface area (Å²) in [5.41, 5.74) is 3.83. The fraction of sp³-hybridized carbons (Fsp3) is 0.281. The summed E-state index contributed by atoms with van der Waals surface area (Å²) in [5, 5.41) is 2.84. The number of rotatable bonds is 9. The Kier molecular flexibility index (Phi) is 8.24. The molecule has 2 amide bonds. The van der Waals surface area contributed by atoms with Gasteiger partial charge in [-0.2, -0.15) is 0 Å². The molecule has 1 aliphatic rings. The van der Waals surface area contributed by atoms with Crippen LogP contribution in [0.15, 0.2) is 83.4 Å². The quantitative estimate of drug-likeness (QED) is 0.303. The van der Waals surface area contributed by atoms with Gasteiger partial charge in [-0.3, -0.25) is 14.6 Å². The van der Waals surface area contributed by atoms with E-state index in [9.17, 15) is 14.0 Å². The highest BCUT2D eigenvalue weighted by atomic mass is 19.1. The zero-order chi connectivity index (χ0) is 28.1. The maximum atomic E-state index is 13.7. The van der Waals surface area contributed by atoms with E-state index in [1.807, 2.05) is 55.1 Å². The van der Waals surface area contributed by atoms with Crippen LogP contribution < -0.4 is 10.1 Å². The molecule has 3 heterocycles. The van der Waals surface area contributed by atoms with E-state index in [0.717, 1.165) is 28.8 Å². The third-order valence-electron chi connectivity index (χ3n) is 6.97. The van der Waals surface area contributed by atoms with Crippen molar-refractivity contribution in [1.29, 1.82) is 0 Å². The van der Waals surface area contributed by atoms with E-state index >= 15 is 0 Å². The summed E-state index contributed by atoms with van der Waals surface area (Å²) in [7, 11) is 0. The third kappa shape index (κ3) is 6.22. The van der Waals surface area contributed by atoms with Gasteiger partial charge in [0.05, 0.1) is 6.04 Å². The third-order valence-corrected chi connectivity index (χ3v) is 6.97. The molecule has 8 heteroatoms. The van der Waals surface area contributed by atoms with Crippen molar-refractivity contribution in [3.8, 4) is 5.75 Å². The second kappa shape index (κ2) is 12.2. The summed E-state index contributed by atoms with van der Waals surface area (Å²) >= 11 is 0. The first-order valence-corrected chi connectivity index (χ1v) is 13.5. The van der Waals surface area contributed by atoms with Crippen LogP contribution in [0, 0.1) is 11.7 Å². The number of pyridine rings is 1. The van der Waals surface area contributed by atoms with Gasteiger partial charge in [0.1, 0.15) is 23.9 Å². The van der Waals surface area contributed by atoms with Crippen molar-refractivity contribution in [2.45, 2.75) is 39.3 Å². The highest BCUT2D eigenvalue weighted by Crippen LogP contribution is 2.38. The average molecular weight is 542 g/mol. The Morgan fingerprint density at radius 3 is 2.67 bits per heavy atom. The van der Waals surface area contributed by atoms with Gasteiger partial charge in [0.15, 0.2) is 5.76 Å². The molecule has 7 nitrogen and oxygen atoms in total. The van der Waals surface area contributed by atoms with Gasteiger partial charge in [-0.05, 0) is 71.6 Å². The van der Waals surface area contributed by atoms with Gasteiger partial charge < -0.3 is 19.4 Å². The Bertz CT molecular complexity index is 1470. The molecule has 206 valence electrons. The number of carbonyl (C=O) groups is 2. The van der Waals surface area contributed by atoms with Crippen molar-refractivity contribution < 1.29 is 23.1 Å². The fourth-order valence-corrected chi connectivity index (χ4v) is 4.93. The molecule has 2 aromatic heterocycles. The van der Waals surface area contributed by atoms with E-state index < -0.39 is 0 Å². The molecule has 0 unspecified atom stereocenters. The SMILES string of the molecule is CC(C)C(=O)N1CCc2ccc(OCc3ccc(C(=O)NCCc4ccccn4)o3)cc2[C@H]1c1ccc(F)cc1. The van der Waals surface area contributed by atoms with E-state index in [4.69, 9.17) is 9.15 Å². The number of aromatic nitrogens is 1. The minimum Gasteiger partial charge on any atom is -0.486 e. The normalized spacial score (nSPS) is 14.6. The summed E-state index contributed by atoms with van der Waals surface area (Å²) in [4.78, 5) is 31.7. The first kappa shape index (κ1) is 27.1. The van der Waals surface area contributed by atoms with Crippen LogP contribution in [-0.4, -0.2) is 34.8 Å². The summed E-state index contributed by atoms with van der Waals surface area (Å²) in [6.45, 7) is 4.94. The second-order valence-corrected chi connectivity index (χ2v) is 10.1. The van der Waals surface area contributed by atoms with Crippen molar-refractivity contribution in [3.05, 3.63) is 119 Å². The highest BCUT2D eigenvalue weighted by Gasteiger charge is 2.33. The van der Waals surface area contributed by atoms with Crippen molar-refractivity contribution in [2.75, 3.05) is 13.1 Å².